The van der Waals surface area contributed by atoms with Crippen LogP contribution in [0.4, 0.5) is 5.69 Å². The molecule has 0 saturated carbocycles. The zero-order valence-corrected chi connectivity index (χ0v) is 11.5. The highest BCUT2D eigenvalue weighted by Gasteiger charge is 2.11. The maximum Gasteiger partial charge on any atom is 0.275 e. The van der Waals surface area contributed by atoms with Crippen LogP contribution in [0.3, 0.4) is 0 Å². The standard InChI is InChI=1S/C14H11N3O6/c18-10-2-3-11(13(20)6-10)14(21)16-15-7-8-5-9(17(22)23)1-4-12(8)19/h1-7,18-20H,(H,16,21). The highest BCUT2D eigenvalue weighted by Crippen LogP contribution is 2.23. The van der Waals surface area contributed by atoms with Crippen LogP contribution in [0.1, 0.15) is 15.9 Å². The molecule has 0 radical (unpaired) electrons. The molecule has 0 aliphatic rings. The Hall–Kier alpha value is -3.62. The first-order valence-electron chi connectivity index (χ1n) is 6.21. The van der Waals surface area contributed by atoms with Gasteiger partial charge in [-0.1, -0.05) is 0 Å². The molecule has 118 valence electrons. The van der Waals surface area contributed by atoms with Crippen molar-refractivity contribution >= 4 is 17.8 Å². The van der Waals surface area contributed by atoms with E-state index in [1.807, 2.05) is 0 Å². The number of carbonyl (C=O) groups is 1. The van der Waals surface area contributed by atoms with E-state index in [9.17, 15) is 25.1 Å². The maximum atomic E-state index is 11.8. The normalized spacial score (nSPS) is 10.6. The summed E-state index contributed by atoms with van der Waals surface area (Å²) in [6, 6.07) is 6.74. The van der Waals surface area contributed by atoms with E-state index in [4.69, 9.17) is 5.11 Å². The Morgan fingerprint density at radius 3 is 2.52 bits per heavy atom. The van der Waals surface area contributed by atoms with Gasteiger partial charge in [-0.05, 0) is 18.2 Å². The van der Waals surface area contributed by atoms with Crippen LogP contribution in [-0.4, -0.2) is 32.4 Å². The molecule has 2 aromatic rings. The summed E-state index contributed by atoms with van der Waals surface area (Å²) < 4.78 is 0. The lowest BCUT2D eigenvalue weighted by atomic mass is 10.2. The molecule has 0 aliphatic heterocycles. The molecule has 0 aromatic heterocycles. The third kappa shape index (κ3) is 3.73. The van der Waals surface area contributed by atoms with Crippen molar-refractivity contribution in [1.82, 2.24) is 5.43 Å². The van der Waals surface area contributed by atoms with Crippen LogP contribution in [-0.2, 0) is 0 Å². The molecule has 2 rings (SSSR count). The van der Waals surface area contributed by atoms with E-state index in [0.29, 0.717) is 0 Å². The summed E-state index contributed by atoms with van der Waals surface area (Å²) in [5, 5.41) is 42.5. The summed E-state index contributed by atoms with van der Waals surface area (Å²) in [6.07, 6.45) is 1.03. The number of amides is 1. The first-order valence-corrected chi connectivity index (χ1v) is 6.21. The van der Waals surface area contributed by atoms with Crippen LogP contribution in [0.25, 0.3) is 0 Å². The van der Waals surface area contributed by atoms with Gasteiger partial charge in [0.25, 0.3) is 11.6 Å². The molecule has 0 unspecified atom stereocenters. The first-order chi connectivity index (χ1) is 10.9. The monoisotopic (exact) mass is 317 g/mol. The van der Waals surface area contributed by atoms with Crippen molar-refractivity contribution in [3.63, 3.8) is 0 Å². The van der Waals surface area contributed by atoms with Crippen molar-refractivity contribution in [1.29, 1.82) is 0 Å². The number of nitro groups is 1. The molecular formula is C14H11N3O6. The van der Waals surface area contributed by atoms with Gasteiger partial charge < -0.3 is 15.3 Å². The second-order valence-corrected chi connectivity index (χ2v) is 4.40. The highest BCUT2D eigenvalue weighted by atomic mass is 16.6. The van der Waals surface area contributed by atoms with E-state index in [0.717, 1.165) is 30.5 Å². The Balaban J connectivity index is 2.14. The summed E-state index contributed by atoms with van der Waals surface area (Å²) in [7, 11) is 0. The van der Waals surface area contributed by atoms with Gasteiger partial charge in [0.15, 0.2) is 0 Å². The second-order valence-electron chi connectivity index (χ2n) is 4.40. The third-order valence-corrected chi connectivity index (χ3v) is 2.82. The number of nitrogens with one attached hydrogen (secondary N) is 1. The van der Waals surface area contributed by atoms with Crippen molar-refractivity contribution in [3.8, 4) is 17.2 Å². The molecule has 4 N–H and O–H groups in total. The van der Waals surface area contributed by atoms with Crippen molar-refractivity contribution in [2.75, 3.05) is 0 Å². The van der Waals surface area contributed by atoms with Crippen LogP contribution in [0.2, 0.25) is 0 Å². The SMILES string of the molecule is O=C(NN=Cc1cc([N+](=O)[O-])ccc1O)c1ccc(O)cc1O. The zero-order valence-electron chi connectivity index (χ0n) is 11.5. The molecule has 0 heterocycles. The van der Waals surface area contributed by atoms with Gasteiger partial charge in [0.05, 0.1) is 16.7 Å². The summed E-state index contributed by atoms with van der Waals surface area (Å²) in [5.74, 6) is -1.65. The van der Waals surface area contributed by atoms with Crippen LogP contribution in [0.15, 0.2) is 41.5 Å². The minimum Gasteiger partial charge on any atom is -0.508 e. The number of benzene rings is 2. The molecule has 23 heavy (non-hydrogen) atoms. The summed E-state index contributed by atoms with van der Waals surface area (Å²) in [6.45, 7) is 0. The second kappa shape index (κ2) is 6.43. The number of nitrogens with zero attached hydrogens (tertiary/aromatic N) is 2. The average molecular weight is 317 g/mol. The molecule has 0 atom stereocenters. The Kier molecular flexibility index (Phi) is 4.41. The number of nitro benzene ring substituents is 1. The fraction of sp³-hybridized carbons (Fsp3) is 0. The van der Waals surface area contributed by atoms with E-state index in [1.165, 1.54) is 12.1 Å². The maximum absolute atomic E-state index is 11.8. The molecule has 0 bridgehead atoms. The van der Waals surface area contributed by atoms with Crippen LogP contribution >= 0.6 is 0 Å². The Labute approximate surface area is 129 Å². The van der Waals surface area contributed by atoms with Gasteiger partial charge in [-0.2, -0.15) is 5.10 Å². The van der Waals surface area contributed by atoms with Crippen LogP contribution < -0.4 is 5.43 Å². The minimum atomic E-state index is -0.760. The largest absolute Gasteiger partial charge is 0.508 e. The van der Waals surface area contributed by atoms with Gasteiger partial charge in [-0.3, -0.25) is 14.9 Å². The Morgan fingerprint density at radius 2 is 1.87 bits per heavy atom. The molecule has 9 nitrogen and oxygen atoms in total. The summed E-state index contributed by atoms with van der Waals surface area (Å²) >= 11 is 0. The van der Waals surface area contributed by atoms with Gasteiger partial charge in [0.2, 0.25) is 0 Å². The molecule has 9 heteroatoms. The smallest absolute Gasteiger partial charge is 0.275 e. The van der Waals surface area contributed by atoms with Crippen molar-refractivity contribution in [2.24, 2.45) is 5.10 Å². The van der Waals surface area contributed by atoms with E-state index in [2.05, 4.69) is 10.5 Å². The number of rotatable bonds is 4. The molecule has 0 spiro atoms. The summed E-state index contributed by atoms with van der Waals surface area (Å²) in [4.78, 5) is 21.8. The minimum absolute atomic E-state index is 0.0365. The molecule has 0 fully saturated rings. The lowest BCUT2D eigenvalue weighted by Gasteiger charge is -2.03. The van der Waals surface area contributed by atoms with Crippen molar-refractivity contribution in [2.45, 2.75) is 0 Å². The topological polar surface area (TPSA) is 145 Å². The van der Waals surface area contributed by atoms with Gasteiger partial charge >= 0.3 is 0 Å². The van der Waals surface area contributed by atoms with Gasteiger partial charge in [0, 0.05) is 23.8 Å². The predicted octanol–water partition coefficient (Wildman–Crippen LogP) is 1.48. The van der Waals surface area contributed by atoms with Crippen LogP contribution in [0.5, 0.6) is 17.2 Å². The van der Waals surface area contributed by atoms with Crippen LogP contribution in [0, 0.1) is 10.1 Å². The number of non-ortho nitro benzene ring substituents is 1. The Morgan fingerprint density at radius 1 is 1.13 bits per heavy atom. The van der Waals surface area contributed by atoms with Gasteiger partial charge in [0.1, 0.15) is 17.2 Å². The van der Waals surface area contributed by atoms with Crippen molar-refractivity contribution in [3.05, 3.63) is 57.6 Å². The molecule has 2 aromatic carbocycles. The predicted molar refractivity (Wildman–Crippen MR) is 79.6 cm³/mol. The Bertz CT molecular complexity index is 803. The van der Waals surface area contributed by atoms with E-state index >= 15 is 0 Å². The lowest BCUT2D eigenvalue weighted by Crippen LogP contribution is -2.17. The molecule has 1 amide bonds. The number of hydrogen-bond donors (Lipinski definition) is 4. The van der Waals surface area contributed by atoms with Crippen molar-refractivity contribution < 1.29 is 25.0 Å². The molecular weight excluding hydrogens is 306 g/mol. The average Bonchev–Trinajstić information content (AvgIpc) is 2.48. The van der Waals surface area contributed by atoms with E-state index in [1.54, 1.807) is 0 Å². The highest BCUT2D eigenvalue weighted by molar-refractivity contribution is 5.97. The quantitative estimate of drug-likeness (QED) is 0.381. The van der Waals surface area contributed by atoms with E-state index < -0.39 is 16.6 Å². The zero-order chi connectivity index (χ0) is 17.0. The number of phenols is 3. The number of hydrazone groups is 1. The van der Waals surface area contributed by atoms with Gasteiger partial charge in [-0.15, -0.1) is 0 Å². The fourth-order valence-corrected chi connectivity index (χ4v) is 1.69. The third-order valence-electron chi connectivity index (χ3n) is 2.82. The number of carbonyl (C=O) groups excluding carboxylic acids is 1. The number of hydrogen-bond acceptors (Lipinski definition) is 7. The lowest BCUT2D eigenvalue weighted by molar-refractivity contribution is -0.384. The number of aromatic hydroxyl groups is 3. The van der Waals surface area contributed by atoms with E-state index in [-0.39, 0.29) is 28.3 Å². The number of phenolic OH excluding ortho intramolecular Hbond substituents is 3. The molecule has 0 aliphatic carbocycles. The fourth-order valence-electron chi connectivity index (χ4n) is 1.69. The van der Waals surface area contributed by atoms with Gasteiger partial charge in [-0.25, -0.2) is 5.43 Å². The summed E-state index contributed by atoms with van der Waals surface area (Å²) in [5.41, 5.74) is 1.76. The first kappa shape index (κ1) is 15.8. The molecule has 0 saturated heterocycles.